The second-order valence-corrected chi connectivity index (χ2v) is 5.71. The highest BCUT2D eigenvalue weighted by Crippen LogP contribution is 2.26. The number of para-hydroxylation sites is 1. The van der Waals surface area contributed by atoms with Crippen molar-refractivity contribution in [2.45, 2.75) is 4.90 Å². The molecular formula is C12H14BrN3O2S. The smallest absolute Gasteiger partial charge is 0.319 e. The molecule has 4 N–H and O–H groups in total. The molecule has 0 saturated heterocycles. The van der Waals surface area contributed by atoms with Gasteiger partial charge in [-0.2, -0.15) is 0 Å². The van der Waals surface area contributed by atoms with Crippen LogP contribution in [0, 0.1) is 0 Å². The van der Waals surface area contributed by atoms with Crippen molar-refractivity contribution in [1.82, 2.24) is 5.32 Å². The van der Waals surface area contributed by atoms with E-state index in [2.05, 4.69) is 33.1 Å². The Morgan fingerprint density at radius 1 is 1.37 bits per heavy atom. The number of rotatable bonds is 6. The first kappa shape index (κ1) is 15.6. The molecule has 5 nitrogen and oxygen atoms in total. The van der Waals surface area contributed by atoms with E-state index in [1.165, 1.54) is 11.8 Å². The van der Waals surface area contributed by atoms with Gasteiger partial charge in [-0.1, -0.05) is 34.6 Å². The number of thioether (sulfide) groups is 1. The number of nitrogens with one attached hydrogen (secondary N) is 2. The standard InChI is InChI=1S/C12H14BrN3O2S/c1-8(13)6-15-12(18)16-9-4-2-3-5-10(9)19-7-11(14)17/h2-5H,1,6-7H2,(H2,14,17)(H2,15,16,18). The van der Waals surface area contributed by atoms with E-state index in [9.17, 15) is 9.59 Å². The van der Waals surface area contributed by atoms with Gasteiger partial charge in [0.25, 0.3) is 0 Å². The maximum Gasteiger partial charge on any atom is 0.319 e. The largest absolute Gasteiger partial charge is 0.369 e. The van der Waals surface area contributed by atoms with Crippen molar-refractivity contribution >= 4 is 45.3 Å². The van der Waals surface area contributed by atoms with E-state index < -0.39 is 5.91 Å². The topological polar surface area (TPSA) is 84.2 Å². The van der Waals surface area contributed by atoms with E-state index in [0.29, 0.717) is 16.7 Å². The fourth-order valence-corrected chi connectivity index (χ4v) is 2.07. The van der Waals surface area contributed by atoms with Crippen LogP contribution in [0.3, 0.4) is 0 Å². The Morgan fingerprint density at radius 3 is 2.68 bits per heavy atom. The zero-order valence-electron chi connectivity index (χ0n) is 10.1. The van der Waals surface area contributed by atoms with Crippen LogP contribution >= 0.6 is 27.7 Å². The van der Waals surface area contributed by atoms with E-state index in [-0.39, 0.29) is 11.8 Å². The van der Waals surface area contributed by atoms with Gasteiger partial charge in [-0.05, 0) is 12.1 Å². The summed E-state index contributed by atoms with van der Waals surface area (Å²) in [7, 11) is 0. The lowest BCUT2D eigenvalue weighted by Gasteiger charge is -2.10. The van der Waals surface area contributed by atoms with Crippen LogP contribution in [0.1, 0.15) is 0 Å². The normalized spacial score (nSPS) is 9.74. The molecule has 1 aromatic rings. The van der Waals surface area contributed by atoms with Crippen LogP contribution in [0.15, 0.2) is 40.2 Å². The van der Waals surface area contributed by atoms with E-state index in [0.717, 1.165) is 4.90 Å². The van der Waals surface area contributed by atoms with Gasteiger partial charge in [0.15, 0.2) is 0 Å². The minimum atomic E-state index is -0.403. The molecule has 7 heteroatoms. The summed E-state index contributed by atoms with van der Waals surface area (Å²) < 4.78 is 0.680. The van der Waals surface area contributed by atoms with Gasteiger partial charge in [-0.25, -0.2) is 4.79 Å². The zero-order valence-corrected chi connectivity index (χ0v) is 12.5. The Morgan fingerprint density at radius 2 is 2.05 bits per heavy atom. The van der Waals surface area contributed by atoms with Gasteiger partial charge in [0, 0.05) is 9.38 Å². The molecule has 19 heavy (non-hydrogen) atoms. The minimum absolute atomic E-state index is 0.165. The first-order valence-electron chi connectivity index (χ1n) is 5.37. The van der Waals surface area contributed by atoms with Crippen LogP contribution in [0.5, 0.6) is 0 Å². The molecule has 0 atom stereocenters. The summed E-state index contributed by atoms with van der Waals surface area (Å²) in [5, 5.41) is 5.33. The molecule has 0 heterocycles. The molecule has 0 radical (unpaired) electrons. The van der Waals surface area contributed by atoms with Gasteiger partial charge >= 0.3 is 6.03 Å². The van der Waals surface area contributed by atoms with Crippen molar-refractivity contribution in [2.24, 2.45) is 5.73 Å². The van der Waals surface area contributed by atoms with Crippen LogP contribution in [0.2, 0.25) is 0 Å². The number of anilines is 1. The van der Waals surface area contributed by atoms with Crippen LogP contribution in [0.4, 0.5) is 10.5 Å². The maximum atomic E-state index is 11.6. The second-order valence-electron chi connectivity index (χ2n) is 3.58. The summed E-state index contributed by atoms with van der Waals surface area (Å²) in [6.45, 7) is 3.95. The third kappa shape index (κ3) is 6.30. The highest BCUT2D eigenvalue weighted by Gasteiger charge is 2.07. The van der Waals surface area contributed by atoms with Crippen molar-refractivity contribution in [3.63, 3.8) is 0 Å². The number of amides is 3. The van der Waals surface area contributed by atoms with Crippen LogP contribution < -0.4 is 16.4 Å². The Kier molecular flexibility index (Phi) is 6.44. The molecule has 102 valence electrons. The molecule has 0 bridgehead atoms. The van der Waals surface area contributed by atoms with Gasteiger partial charge < -0.3 is 16.4 Å². The van der Waals surface area contributed by atoms with Gasteiger partial charge in [0.05, 0.1) is 18.0 Å². The van der Waals surface area contributed by atoms with Crippen LogP contribution in [-0.2, 0) is 4.79 Å². The lowest BCUT2D eigenvalue weighted by atomic mass is 10.3. The first-order valence-corrected chi connectivity index (χ1v) is 7.15. The number of halogens is 1. The Balaban J connectivity index is 2.64. The number of nitrogens with two attached hydrogens (primary N) is 1. The lowest BCUT2D eigenvalue weighted by molar-refractivity contribution is -0.115. The fraction of sp³-hybridized carbons (Fsp3) is 0.167. The minimum Gasteiger partial charge on any atom is -0.369 e. The Labute approximate surface area is 124 Å². The van der Waals surface area contributed by atoms with Crippen molar-refractivity contribution in [2.75, 3.05) is 17.6 Å². The third-order valence-corrected chi connectivity index (χ3v) is 3.32. The van der Waals surface area contributed by atoms with E-state index >= 15 is 0 Å². The molecule has 0 unspecified atom stereocenters. The average Bonchev–Trinajstić information content (AvgIpc) is 2.35. The van der Waals surface area contributed by atoms with E-state index in [1.807, 2.05) is 12.1 Å². The summed E-state index contributed by atoms with van der Waals surface area (Å²) in [5.74, 6) is -0.238. The Hall–Kier alpha value is -1.47. The lowest BCUT2D eigenvalue weighted by Crippen LogP contribution is -2.29. The molecule has 3 amide bonds. The molecular weight excluding hydrogens is 330 g/mol. The number of carbonyl (C=O) groups is 2. The van der Waals surface area contributed by atoms with Gasteiger partial charge in [0.1, 0.15) is 0 Å². The summed E-state index contributed by atoms with van der Waals surface area (Å²) in [4.78, 5) is 23.2. The second kappa shape index (κ2) is 7.85. The van der Waals surface area contributed by atoms with E-state index in [4.69, 9.17) is 5.73 Å². The molecule has 0 spiro atoms. The zero-order chi connectivity index (χ0) is 14.3. The maximum absolute atomic E-state index is 11.6. The number of hydrogen-bond acceptors (Lipinski definition) is 3. The monoisotopic (exact) mass is 343 g/mol. The highest BCUT2D eigenvalue weighted by molar-refractivity contribution is 9.11. The summed E-state index contributed by atoms with van der Waals surface area (Å²) in [6, 6.07) is 6.85. The predicted octanol–water partition coefficient (Wildman–Crippen LogP) is 2.29. The number of carbonyl (C=O) groups excluding carboxylic acids is 2. The molecule has 0 aliphatic heterocycles. The highest BCUT2D eigenvalue weighted by atomic mass is 79.9. The first-order chi connectivity index (χ1) is 8.99. The molecule has 0 aliphatic carbocycles. The summed E-state index contributed by atoms with van der Waals surface area (Å²) in [5.41, 5.74) is 5.73. The van der Waals surface area contributed by atoms with Crippen molar-refractivity contribution in [1.29, 1.82) is 0 Å². The number of urea groups is 1. The molecule has 0 fully saturated rings. The molecule has 1 rings (SSSR count). The van der Waals surface area contributed by atoms with Crippen LogP contribution in [-0.4, -0.2) is 24.2 Å². The summed E-state index contributed by atoms with van der Waals surface area (Å²) in [6.07, 6.45) is 0. The molecule has 1 aromatic carbocycles. The van der Waals surface area contributed by atoms with Crippen molar-refractivity contribution in [3.05, 3.63) is 35.3 Å². The number of primary amides is 1. The third-order valence-electron chi connectivity index (χ3n) is 1.95. The van der Waals surface area contributed by atoms with Gasteiger partial charge in [-0.15, -0.1) is 11.8 Å². The van der Waals surface area contributed by atoms with Gasteiger partial charge in [0.2, 0.25) is 5.91 Å². The fourth-order valence-electron chi connectivity index (χ4n) is 1.19. The van der Waals surface area contributed by atoms with Crippen molar-refractivity contribution < 1.29 is 9.59 Å². The Bertz CT molecular complexity index is 494. The molecule has 0 aromatic heterocycles. The van der Waals surface area contributed by atoms with Crippen LogP contribution in [0.25, 0.3) is 0 Å². The average molecular weight is 344 g/mol. The van der Waals surface area contributed by atoms with Gasteiger partial charge in [-0.3, -0.25) is 4.79 Å². The summed E-state index contributed by atoms with van der Waals surface area (Å²) >= 11 is 4.43. The predicted molar refractivity (Wildman–Crippen MR) is 81.4 cm³/mol. The number of hydrogen-bond donors (Lipinski definition) is 3. The molecule has 0 saturated carbocycles. The van der Waals surface area contributed by atoms with E-state index in [1.54, 1.807) is 12.1 Å². The SMILES string of the molecule is C=C(Br)CNC(=O)Nc1ccccc1SCC(N)=O. The number of benzene rings is 1. The quantitative estimate of drug-likeness (QED) is 0.693. The van der Waals surface area contributed by atoms with Crippen molar-refractivity contribution in [3.8, 4) is 0 Å². The molecule has 0 aliphatic rings.